The lowest BCUT2D eigenvalue weighted by Crippen LogP contribution is -2.44. The first-order chi connectivity index (χ1) is 13.0. The minimum absolute atomic E-state index is 0.0362. The van der Waals surface area contributed by atoms with Crippen molar-refractivity contribution in [2.75, 3.05) is 26.3 Å². The highest BCUT2D eigenvalue weighted by Crippen LogP contribution is 2.19. The Morgan fingerprint density at radius 3 is 2.96 bits per heavy atom. The van der Waals surface area contributed by atoms with Crippen molar-refractivity contribution in [1.82, 2.24) is 15.2 Å². The number of pyridine rings is 1. The van der Waals surface area contributed by atoms with Gasteiger partial charge in [0, 0.05) is 25.3 Å². The summed E-state index contributed by atoms with van der Waals surface area (Å²) in [4.78, 5) is 17.4. The predicted molar refractivity (Wildman–Crippen MR) is 111 cm³/mol. The van der Waals surface area contributed by atoms with E-state index in [9.17, 15) is 9.90 Å². The number of aromatic nitrogens is 1. The summed E-state index contributed by atoms with van der Waals surface area (Å²) in [6.07, 6.45) is 2.28. The molecule has 1 saturated heterocycles. The van der Waals surface area contributed by atoms with E-state index in [1.54, 1.807) is 0 Å². The molecule has 6 nitrogen and oxygen atoms in total. The number of nitrogens with zero attached hydrogens (tertiary/aromatic N) is 1. The molecule has 7 heteroatoms. The average molecular weight is 390 g/mol. The van der Waals surface area contributed by atoms with Crippen molar-refractivity contribution in [3.8, 4) is 0 Å². The zero-order chi connectivity index (χ0) is 19.4. The molecule has 1 unspecified atom stereocenters. The van der Waals surface area contributed by atoms with Crippen molar-refractivity contribution in [2.45, 2.75) is 39.3 Å². The molecule has 1 aliphatic rings. The Balaban J connectivity index is 1.77. The van der Waals surface area contributed by atoms with Gasteiger partial charge < -0.3 is 25.0 Å². The lowest BCUT2D eigenvalue weighted by atomic mass is 10.0. The van der Waals surface area contributed by atoms with Gasteiger partial charge in [-0.05, 0) is 61.5 Å². The number of nitrogens with one attached hydrogen (secondary N) is 2. The highest BCUT2D eigenvalue weighted by molar-refractivity contribution is 7.80. The largest absolute Gasteiger partial charge is 0.395 e. The topological polar surface area (TPSA) is 77.6 Å². The number of fused-ring (bicyclic) bond motifs is 1. The van der Waals surface area contributed by atoms with Crippen LogP contribution in [0.15, 0.2) is 23.0 Å². The van der Waals surface area contributed by atoms with Crippen LogP contribution in [-0.4, -0.2) is 52.5 Å². The minimum Gasteiger partial charge on any atom is -0.395 e. The third-order valence-electron chi connectivity index (χ3n) is 5.15. The SMILES string of the molecule is Cc1ccc2cc(CN(CCO)C(=S)NCC3CCCO3)c(=O)[nH]c2c1C. The van der Waals surface area contributed by atoms with E-state index in [1.807, 2.05) is 30.9 Å². The van der Waals surface area contributed by atoms with Crippen LogP contribution in [0.1, 0.15) is 29.5 Å². The molecule has 146 valence electrons. The zero-order valence-corrected chi connectivity index (χ0v) is 16.7. The second-order valence-electron chi connectivity index (χ2n) is 7.06. The van der Waals surface area contributed by atoms with E-state index in [2.05, 4.69) is 16.4 Å². The summed E-state index contributed by atoms with van der Waals surface area (Å²) in [5.74, 6) is 0. The van der Waals surface area contributed by atoms with Gasteiger partial charge in [-0.15, -0.1) is 0 Å². The van der Waals surface area contributed by atoms with Gasteiger partial charge in [-0.1, -0.05) is 12.1 Å². The molecule has 0 amide bonds. The highest BCUT2D eigenvalue weighted by atomic mass is 32.1. The van der Waals surface area contributed by atoms with E-state index in [4.69, 9.17) is 17.0 Å². The quantitative estimate of drug-likeness (QED) is 0.656. The normalized spacial score (nSPS) is 16.6. The minimum atomic E-state index is -0.124. The molecule has 0 aliphatic carbocycles. The van der Waals surface area contributed by atoms with Crippen molar-refractivity contribution in [3.05, 3.63) is 45.2 Å². The summed E-state index contributed by atoms with van der Waals surface area (Å²) >= 11 is 5.49. The third-order valence-corrected chi connectivity index (χ3v) is 5.55. The van der Waals surface area contributed by atoms with Crippen LogP contribution < -0.4 is 10.9 Å². The fourth-order valence-electron chi connectivity index (χ4n) is 3.38. The predicted octanol–water partition coefficient (Wildman–Crippen LogP) is 1.99. The van der Waals surface area contributed by atoms with Crippen molar-refractivity contribution < 1.29 is 9.84 Å². The summed E-state index contributed by atoms with van der Waals surface area (Å²) in [5.41, 5.74) is 3.60. The zero-order valence-electron chi connectivity index (χ0n) is 15.9. The monoisotopic (exact) mass is 389 g/mol. The van der Waals surface area contributed by atoms with Gasteiger partial charge in [0.25, 0.3) is 5.56 Å². The number of benzene rings is 1. The number of aromatic amines is 1. The number of hydrogen-bond acceptors (Lipinski definition) is 4. The van der Waals surface area contributed by atoms with Crippen LogP contribution in [0.25, 0.3) is 10.9 Å². The maximum Gasteiger partial charge on any atom is 0.253 e. The highest BCUT2D eigenvalue weighted by Gasteiger charge is 2.18. The van der Waals surface area contributed by atoms with Crippen LogP contribution in [0.3, 0.4) is 0 Å². The number of aryl methyl sites for hydroxylation is 2. The number of hydrogen-bond donors (Lipinski definition) is 3. The molecule has 27 heavy (non-hydrogen) atoms. The van der Waals surface area contributed by atoms with Gasteiger partial charge in [0.2, 0.25) is 0 Å². The maximum absolute atomic E-state index is 12.6. The smallest absolute Gasteiger partial charge is 0.253 e. The fraction of sp³-hybridized carbons (Fsp3) is 0.500. The third kappa shape index (κ3) is 4.66. The Morgan fingerprint density at radius 2 is 2.26 bits per heavy atom. The summed E-state index contributed by atoms with van der Waals surface area (Å²) in [5, 5.41) is 14.1. The number of rotatable bonds is 6. The van der Waals surface area contributed by atoms with Gasteiger partial charge in [0.15, 0.2) is 5.11 Å². The molecule has 2 heterocycles. The molecule has 1 aromatic heterocycles. The van der Waals surface area contributed by atoms with Gasteiger partial charge >= 0.3 is 0 Å². The molecule has 0 radical (unpaired) electrons. The van der Waals surface area contributed by atoms with Gasteiger partial charge in [-0.2, -0.15) is 0 Å². The van der Waals surface area contributed by atoms with Crippen LogP contribution in [0, 0.1) is 13.8 Å². The molecule has 1 aromatic carbocycles. The van der Waals surface area contributed by atoms with Gasteiger partial charge in [-0.3, -0.25) is 4.79 Å². The van der Waals surface area contributed by atoms with E-state index >= 15 is 0 Å². The number of H-pyrrole nitrogens is 1. The number of aliphatic hydroxyl groups excluding tert-OH is 1. The van der Waals surface area contributed by atoms with Crippen molar-refractivity contribution in [2.24, 2.45) is 0 Å². The van der Waals surface area contributed by atoms with Crippen molar-refractivity contribution >= 4 is 28.2 Å². The molecule has 2 aromatic rings. The molecule has 1 fully saturated rings. The first-order valence-electron chi connectivity index (χ1n) is 9.37. The maximum atomic E-state index is 12.6. The van der Waals surface area contributed by atoms with Crippen LogP contribution >= 0.6 is 12.2 Å². The van der Waals surface area contributed by atoms with Crippen molar-refractivity contribution in [1.29, 1.82) is 0 Å². The standard InChI is InChI=1S/C20H27N3O3S/c1-13-5-6-15-10-16(19(25)22-18(15)14(13)2)12-23(7-8-24)20(27)21-11-17-4-3-9-26-17/h5-6,10,17,24H,3-4,7-9,11-12H2,1-2H3,(H,21,27)(H,22,25). The van der Waals surface area contributed by atoms with E-state index in [-0.39, 0.29) is 18.3 Å². The Hall–Kier alpha value is -1.96. The van der Waals surface area contributed by atoms with Crippen LogP contribution in [0.5, 0.6) is 0 Å². The Kier molecular flexibility index (Phi) is 6.46. The number of thiocarbonyl (C=S) groups is 1. The van der Waals surface area contributed by atoms with E-state index in [1.165, 1.54) is 0 Å². The van der Waals surface area contributed by atoms with Gasteiger partial charge in [0.05, 0.1) is 24.8 Å². The summed E-state index contributed by atoms with van der Waals surface area (Å²) in [6, 6.07) is 5.98. The van der Waals surface area contributed by atoms with E-state index in [0.717, 1.165) is 41.5 Å². The summed E-state index contributed by atoms with van der Waals surface area (Å²) in [6.45, 7) is 6.15. The van der Waals surface area contributed by atoms with Crippen LogP contribution in [0.2, 0.25) is 0 Å². The molecular weight excluding hydrogens is 362 g/mol. The van der Waals surface area contributed by atoms with Crippen LogP contribution in [-0.2, 0) is 11.3 Å². The molecule has 1 atom stereocenters. The Labute approximate surface area is 164 Å². The molecule has 1 aliphatic heterocycles. The van der Waals surface area contributed by atoms with Crippen LogP contribution in [0.4, 0.5) is 0 Å². The average Bonchev–Trinajstić information content (AvgIpc) is 3.17. The molecule has 3 rings (SSSR count). The second kappa shape index (κ2) is 8.82. The summed E-state index contributed by atoms with van der Waals surface area (Å²) in [7, 11) is 0. The Morgan fingerprint density at radius 1 is 1.44 bits per heavy atom. The first-order valence-corrected chi connectivity index (χ1v) is 9.77. The second-order valence-corrected chi connectivity index (χ2v) is 7.45. The van der Waals surface area contributed by atoms with E-state index in [0.29, 0.717) is 30.3 Å². The molecule has 0 saturated carbocycles. The molecular formula is C20H27N3O3S. The number of aliphatic hydroxyl groups is 1. The van der Waals surface area contributed by atoms with E-state index < -0.39 is 0 Å². The Bertz CT molecular complexity index is 875. The molecule has 3 N–H and O–H groups in total. The lowest BCUT2D eigenvalue weighted by Gasteiger charge is -2.26. The van der Waals surface area contributed by atoms with Gasteiger partial charge in [0.1, 0.15) is 0 Å². The molecule has 0 bridgehead atoms. The number of ether oxygens (including phenoxy) is 1. The molecule has 0 spiro atoms. The van der Waals surface area contributed by atoms with Gasteiger partial charge in [-0.25, -0.2) is 0 Å². The van der Waals surface area contributed by atoms with Crippen molar-refractivity contribution in [3.63, 3.8) is 0 Å². The fourth-order valence-corrected chi connectivity index (χ4v) is 3.62. The lowest BCUT2D eigenvalue weighted by molar-refractivity contribution is 0.113. The first kappa shape index (κ1) is 19.8. The summed E-state index contributed by atoms with van der Waals surface area (Å²) < 4.78 is 5.60.